The van der Waals surface area contributed by atoms with Gasteiger partial charge < -0.3 is 0 Å². The van der Waals surface area contributed by atoms with E-state index in [1.54, 1.807) is 0 Å². The number of hydrogen-bond donors (Lipinski definition) is 0. The third kappa shape index (κ3) is 3.79. The Balaban J connectivity index is 1.77. The molecule has 6 rings (SSSR count). The summed E-state index contributed by atoms with van der Waals surface area (Å²) in [5.74, 6) is 0. The Morgan fingerprint density at radius 2 is 1.22 bits per heavy atom. The summed E-state index contributed by atoms with van der Waals surface area (Å²) in [6, 6.07) is 41.6. The topological polar surface area (TPSA) is 0 Å². The van der Waals surface area contributed by atoms with E-state index in [0.717, 1.165) is 9.50 Å². The third-order valence-electron chi connectivity index (χ3n) is 7.66. The van der Waals surface area contributed by atoms with Crippen LogP contribution >= 0.6 is 27.5 Å². The highest BCUT2D eigenvalue weighted by atomic mass is 79.9. The van der Waals surface area contributed by atoms with Crippen molar-refractivity contribution >= 4 is 27.5 Å². The van der Waals surface area contributed by atoms with Crippen LogP contribution in [0, 0.1) is 0 Å². The standard InChI is InChI=1S/C35H28BrCl/c1-34(2,3)24-16-14-23(15-17-24)28-20-21-31(36)32-29-19-18-27(37)22-30(29)35(33(28)32,25-10-6-4-7-11-25)26-12-8-5-9-13-26/h4-22H,1-3H3. The lowest BCUT2D eigenvalue weighted by Crippen LogP contribution is -2.29. The molecule has 5 aromatic carbocycles. The second-order valence-electron chi connectivity index (χ2n) is 10.8. The molecule has 0 saturated heterocycles. The molecule has 0 N–H and O–H groups in total. The van der Waals surface area contributed by atoms with Crippen LogP contribution in [0.3, 0.4) is 0 Å². The van der Waals surface area contributed by atoms with Crippen LogP contribution in [-0.4, -0.2) is 0 Å². The van der Waals surface area contributed by atoms with Crippen molar-refractivity contribution in [3.63, 3.8) is 0 Å². The number of benzene rings is 5. The summed E-state index contributed by atoms with van der Waals surface area (Å²) in [4.78, 5) is 0. The highest BCUT2D eigenvalue weighted by molar-refractivity contribution is 9.10. The first-order valence-corrected chi connectivity index (χ1v) is 13.8. The minimum Gasteiger partial charge on any atom is -0.0843 e. The summed E-state index contributed by atoms with van der Waals surface area (Å²) in [7, 11) is 0. The van der Waals surface area contributed by atoms with Crippen molar-refractivity contribution in [3.8, 4) is 22.3 Å². The summed E-state index contributed by atoms with van der Waals surface area (Å²) < 4.78 is 1.09. The van der Waals surface area contributed by atoms with E-state index < -0.39 is 5.41 Å². The predicted octanol–water partition coefficient (Wildman–Crippen LogP) is 10.4. The molecule has 1 aliphatic carbocycles. The molecule has 0 spiro atoms. The second-order valence-corrected chi connectivity index (χ2v) is 12.1. The SMILES string of the molecule is CC(C)(C)c1ccc(-c2ccc(Br)c3c2C(c2ccccc2)(c2ccccc2)c2cc(Cl)ccc2-3)cc1. The summed E-state index contributed by atoms with van der Waals surface area (Å²) in [5.41, 5.74) is 10.8. The van der Waals surface area contributed by atoms with Crippen LogP contribution in [0.5, 0.6) is 0 Å². The fraction of sp³-hybridized carbons (Fsp3) is 0.143. The van der Waals surface area contributed by atoms with Crippen molar-refractivity contribution in [2.75, 3.05) is 0 Å². The van der Waals surface area contributed by atoms with Gasteiger partial charge in [0.25, 0.3) is 0 Å². The lowest BCUT2D eigenvalue weighted by atomic mass is 9.66. The van der Waals surface area contributed by atoms with Crippen molar-refractivity contribution in [3.05, 3.63) is 153 Å². The van der Waals surface area contributed by atoms with Crippen molar-refractivity contribution < 1.29 is 0 Å². The van der Waals surface area contributed by atoms with E-state index in [2.05, 4.69) is 146 Å². The molecule has 0 saturated carbocycles. The maximum absolute atomic E-state index is 6.71. The Hall–Kier alpha value is -3.13. The summed E-state index contributed by atoms with van der Waals surface area (Å²) in [6.07, 6.45) is 0. The monoisotopic (exact) mass is 562 g/mol. The van der Waals surface area contributed by atoms with Gasteiger partial charge in [-0.3, -0.25) is 0 Å². The molecule has 0 fully saturated rings. The first-order valence-electron chi connectivity index (χ1n) is 12.7. The number of fused-ring (bicyclic) bond motifs is 3. The Morgan fingerprint density at radius 1 is 0.649 bits per heavy atom. The van der Waals surface area contributed by atoms with E-state index in [9.17, 15) is 0 Å². The van der Waals surface area contributed by atoms with Gasteiger partial charge in [-0.15, -0.1) is 0 Å². The minimum absolute atomic E-state index is 0.102. The van der Waals surface area contributed by atoms with Crippen LogP contribution in [0.15, 0.2) is 120 Å². The first kappa shape index (κ1) is 24.2. The van der Waals surface area contributed by atoms with Crippen LogP contribution in [0.1, 0.15) is 48.6 Å². The van der Waals surface area contributed by atoms with Crippen molar-refractivity contribution in [2.45, 2.75) is 31.6 Å². The Morgan fingerprint density at radius 3 is 1.78 bits per heavy atom. The van der Waals surface area contributed by atoms with E-state index in [1.165, 1.54) is 50.1 Å². The van der Waals surface area contributed by atoms with Crippen molar-refractivity contribution in [2.24, 2.45) is 0 Å². The van der Waals surface area contributed by atoms with Crippen LogP contribution in [-0.2, 0) is 10.8 Å². The highest BCUT2D eigenvalue weighted by Gasteiger charge is 2.48. The van der Waals surface area contributed by atoms with E-state index in [4.69, 9.17) is 11.6 Å². The quantitative estimate of drug-likeness (QED) is 0.201. The molecule has 0 unspecified atom stereocenters. The van der Waals surface area contributed by atoms with Gasteiger partial charge in [0.2, 0.25) is 0 Å². The van der Waals surface area contributed by atoms with Gasteiger partial charge in [0.1, 0.15) is 0 Å². The van der Waals surface area contributed by atoms with E-state index in [1.807, 2.05) is 6.07 Å². The lowest BCUT2D eigenvalue weighted by molar-refractivity contribution is 0.590. The van der Waals surface area contributed by atoms with Crippen LogP contribution in [0.2, 0.25) is 5.02 Å². The molecule has 0 radical (unpaired) electrons. The average Bonchev–Trinajstić information content (AvgIpc) is 3.21. The third-order valence-corrected chi connectivity index (χ3v) is 8.56. The zero-order valence-corrected chi connectivity index (χ0v) is 23.6. The zero-order valence-electron chi connectivity index (χ0n) is 21.2. The molecule has 1 aliphatic rings. The first-order chi connectivity index (χ1) is 17.8. The molecule has 0 aliphatic heterocycles. The van der Waals surface area contributed by atoms with E-state index in [-0.39, 0.29) is 5.41 Å². The van der Waals surface area contributed by atoms with Gasteiger partial charge in [0.05, 0.1) is 5.41 Å². The number of rotatable bonds is 3. The fourth-order valence-electron chi connectivity index (χ4n) is 5.94. The second kappa shape index (κ2) is 9.01. The molecule has 2 heteroatoms. The van der Waals surface area contributed by atoms with E-state index in [0.29, 0.717) is 0 Å². The Kier molecular flexibility index (Phi) is 5.90. The summed E-state index contributed by atoms with van der Waals surface area (Å²) >= 11 is 10.7. The largest absolute Gasteiger partial charge is 0.0843 e. The normalized spacial score (nSPS) is 13.8. The van der Waals surface area contributed by atoms with Gasteiger partial charge in [-0.1, -0.05) is 145 Å². The highest BCUT2D eigenvalue weighted by Crippen LogP contribution is 2.60. The predicted molar refractivity (Wildman–Crippen MR) is 161 cm³/mol. The molecule has 0 bridgehead atoms. The van der Waals surface area contributed by atoms with Gasteiger partial charge in [-0.25, -0.2) is 0 Å². The molecule has 0 atom stereocenters. The molecular weight excluding hydrogens is 536 g/mol. The van der Waals surface area contributed by atoms with Crippen LogP contribution < -0.4 is 0 Å². The zero-order chi connectivity index (χ0) is 25.8. The van der Waals surface area contributed by atoms with Crippen molar-refractivity contribution in [1.29, 1.82) is 0 Å². The fourth-order valence-corrected chi connectivity index (χ4v) is 6.66. The van der Waals surface area contributed by atoms with Crippen LogP contribution in [0.25, 0.3) is 22.3 Å². The van der Waals surface area contributed by atoms with Gasteiger partial charge in [0.15, 0.2) is 0 Å². The summed E-state index contributed by atoms with van der Waals surface area (Å²) in [6.45, 7) is 6.78. The molecule has 37 heavy (non-hydrogen) atoms. The molecule has 182 valence electrons. The maximum Gasteiger partial charge on any atom is 0.0720 e. The molecule has 0 aromatic heterocycles. The molecule has 0 nitrogen and oxygen atoms in total. The maximum atomic E-state index is 6.71. The average molecular weight is 564 g/mol. The molecule has 5 aromatic rings. The number of halogens is 2. The smallest absolute Gasteiger partial charge is 0.0720 e. The van der Waals surface area contributed by atoms with Gasteiger partial charge in [0, 0.05) is 15.1 Å². The Labute approximate surface area is 233 Å². The van der Waals surface area contributed by atoms with Crippen LogP contribution in [0.4, 0.5) is 0 Å². The Bertz CT molecular complexity index is 1550. The molecule has 0 amide bonds. The van der Waals surface area contributed by atoms with Gasteiger partial charge >= 0.3 is 0 Å². The molecule has 0 heterocycles. The lowest BCUT2D eigenvalue weighted by Gasteiger charge is -2.35. The number of hydrogen-bond acceptors (Lipinski definition) is 0. The van der Waals surface area contributed by atoms with Gasteiger partial charge in [-0.05, 0) is 68.1 Å². The molecular formula is C35H28BrCl. The minimum atomic E-state index is -0.514. The van der Waals surface area contributed by atoms with E-state index >= 15 is 0 Å². The summed E-state index contributed by atoms with van der Waals surface area (Å²) in [5, 5.41) is 0.745. The van der Waals surface area contributed by atoms with Gasteiger partial charge in [-0.2, -0.15) is 0 Å². The van der Waals surface area contributed by atoms with Crippen molar-refractivity contribution in [1.82, 2.24) is 0 Å².